The number of nitrogen functional groups attached to an aromatic ring is 1. The van der Waals surface area contributed by atoms with Crippen molar-refractivity contribution in [2.75, 3.05) is 12.3 Å². The molecule has 0 spiro atoms. The first-order valence-corrected chi connectivity index (χ1v) is 7.45. The Morgan fingerprint density at radius 1 is 1.29 bits per heavy atom. The number of hydrogen-bond donors (Lipinski definition) is 2. The molecule has 0 unspecified atom stereocenters. The summed E-state index contributed by atoms with van der Waals surface area (Å²) in [6, 6.07) is 4.68. The first-order chi connectivity index (χ1) is 10.1. The van der Waals surface area contributed by atoms with Crippen molar-refractivity contribution in [3.63, 3.8) is 0 Å². The van der Waals surface area contributed by atoms with Crippen LogP contribution in [0.15, 0.2) is 18.2 Å². The molecule has 1 fully saturated rings. The number of nitrogens with two attached hydrogens (primary N) is 1. The minimum atomic E-state index is -0.587. The molecule has 114 valence electrons. The zero-order valence-electron chi connectivity index (χ0n) is 11.7. The SMILES string of the molecule is Nc1ccc(C(=O)OCC(=O)NC2CCCCC2)cc1Cl. The van der Waals surface area contributed by atoms with Crippen molar-refractivity contribution in [1.82, 2.24) is 5.32 Å². The standard InChI is InChI=1S/C15H19ClN2O3/c16-12-8-10(6-7-13(12)17)15(20)21-9-14(19)18-11-4-2-1-3-5-11/h6-8,11H,1-5,9,17H2,(H,18,19). The second-order valence-electron chi connectivity index (χ2n) is 5.21. The van der Waals surface area contributed by atoms with E-state index in [0.29, 0.717) is 5.69 Å². The van der Waals surface area contributed by atoms with Crippen molar-refractivity contribution in [2.24, 2.45) is 0 Å². The Balaban J connectivity index is 1.80. The number of esters is 1. The topological polar surface area (TPSA) is 81.4 Å². The molecule has 3 N–H and O–H groups in total. The Labute approximate surface area is 128 Å². The Kier molecular flexibility index (Phi) is 5.44. The van der Waals surface area contributed by atoms with Crippen molar-refractivity contribution in [1.29, 1.82) is 0 Å². The molecule has 0 bridgehead atoms. The van der Waals surface area contributed by atoms with Gasteiger partial charge in [-0.2, -0.15) is 0 Å². The van der Waals surface area contributed by atoms with Gasteiger partial charge in [0.2, 0.25) is 0 Å². The highest BCUT2D eigenvalue weighted by Crippen LogP contribution is 2.20. The van der Waals surface area contributed by atoms with Gasteiger partial charge in [0, 0.05) is 6.04 Å². The van der Waals surface area contributed by atoms with E-state index in [-0.39, 0.29) is 29.1 Å². The highest BCUT2D eigenvalue weighted by Gasteiger charge is 2.17. The van der Waals surface area contributed by atoms with E-state index >= 15 is 0 Å². The lowest BCUT2D eigenvalue weighted by atomic mass is 9.95. The monoisotopic (exact) mass is 310 g/mol. The summed E-state index contributed by atoms with van der Waals surface area (Å²) in [5.41, 5.74) is 6.24. The fourth-order valence-electron chi connectivity index (χ4n) is 2.38. The number of halogens is 1. The second-order valence-corrected chi connectivity index (χ2v) is 5.62. The molecule has 1 aromatic carbocycles. The smallest absolute Gasteiger partial charge is 0.338 e. The highest BCUT2D eigenvalue weighted by atomic mass is 35.5. The van der Waals surface area contributed by atoms with Gasteiger partial charge in [-0.3, -0.25) is 4.79 Å². The number of carbonyl (C=O) groups excluding carboxylic acids is 2. The summed E-state index contributed by atoms with van der Waals surface area (Å²) < 4.78 is 4.98. The molecule has 0 atom stereocenters. The lowest BCUT2D eigenvalue weighted by Crippen LogP contribution is -2.38. The largest absolute Gasteiger partial charge is 0.452 e. The first-order valence-electron chi connectivity index (χ1n) is 7.08. The zero-order valence-corrected chi connectivity index (χ0v) is 12.5. The predicted molar refractivity (Wildman–Crippen MR) is 81.2 cm³/mol. The fourth-order valence-corrected chi connectivity index (χ4v) is 2.57. The zero-order chi connectivity index (χ0) is 15.2. The van der Waals surface area contributed by atoms with Crippen LogP contribution in [0.25, 0.3) is 0 Å². The maximum atomic E-state index is 11.8. The van der Waals surface area contributed by atoms with E-state index in [1.54, 1.807) is 0 Å². The van der Waals surface area contributed by atoms with Crippen molar-refractivity contribution in [3.8, 4) is 0 Å². The molecule has 0 aromatic heterocycles. The summed E-state index contributed by atoms with van der Waals surface area (Å²) in [5, 5.41) is 3.17. The van der Waals surface area contributed by atoms with Crippen LogP contribution < -0.4 is 11.1 Å². The Morgan fingerprint density at radius 3 is 2.67 bits per heavy atom. The van der Waals surface area contributed by atoms with Crippen molar-refractivity contribution in [2.45, 2.75) is 38.1 Å². The third-order valence-electron chi connectivity index (χ3n) is 3.54. The van der Waals surface area contributed by atoms with Gasteiger partial charge in [-0.25, -0.2) is 4.79 Å². The number of carbonyl (C=O) groups is 2. The maximum Gasteiger partial charge on any atom is 0.338 e. The molecular formula is C15H19ClN2O3. The van der Waals surface area contributed by atoms with E-state index in [0.717, 1.165) is 25.7 Å². The number of hydrogen-bond acceptors (Lipinski definition) is 4. The van der Waals surface area contributed by atoms with Gasteiger partial charge in [0.1, 0.15) is 0 Å². The molecule has 21 heavy (non-hydrogen) atoms. The van der Waals surface area contributed by atoms with Gasteiger partial charge in [-0.15, -0.1) is 0 Å². The summed E-state index contributed by atoms with van der Waals surface area (Å²) in [6.45, 7) is -0.280. The number of nitrogens with one attached hydrogen (secondary N) is 1. The van der Waals surface area contributed by atoms with E-state index < -0.39 is 5.97 Å². The number of benzene rings is 1. The van der Waals surface area contributed by atoms with Crippen LogP contribution in [-0.4, -0.2) is 24.5 Å². The van der Waals surface area contributed by atoms with Gasteiger partial charge in [-0.05, 0) is 31.0 Å². The van der Waals surface area contributed by atoms with Gasteiger partial charge < -0.3 is 15.8 Å². The molecule has 1 saturated carbocycles. The summed E-state index contributed by atoms with van der Waals surface area (Å²) in [7, 11) is 0. The highest BCUT2D eigenvalue weighted by molar-refractivity contribution is 6.33. The van der Waals surface area contributed by atoms with Crippen LogP contribution in [-0.2, 0) is 9.53 Å². The normalized spacial score (nSPS) is 15.5. The van der Waals surface area contributed by atoms with E-state index in [1.165, 1.54) is 24.6 Å². The van der Waals surface area contributed by atoms with Crippen molar-refractivity contribution in [3.05, 3.63) is 28.8 Å². The number of ether oxygens (including phenoxy) is 1. The molecule has 0 radical (unpaired) electrons. The van der Waals surface area contributed by atoms with Crippen molar-refractivity contribution >= 4 is 29.2 Å². The van der Waals surface area contributed by atoms with Crippen LogP contribution in [0.1, 0.15) is 42.5 Å². The number of rotatable bonds is 4. The van der Waals surface area contributed by atoms with Gasteiger partial charge in [0.25, 0.3) is 5.91 Å². The van der Waals surface area contributed by atoms with E-state index in [2.05, 4.69) is 5.32 Å². The Morgan fingerprint density at radius 2 is 2.00 bits per heavy atom. The lowest BCUT2D eigenvalue weighted by Gasteiger charge is -2.22. The molecule has 1 aliphatic carbocycles. The third-order valence-corrected chi connectivity index (χ3v) is 3.87. The van der Waals surface area contributed by atoms with Crippen LogP contribution in [0.4, 0.5) is 5.69 Å². The Hall–Kier alpha value is -1.75. The average molecular weight is 311 g/mol. The minimum absolute atomic E-state index is 0.205. The summed E-state index contributed by atoms with van der Waals surface area (Å²) in [6.07, 6.45) is 5.48. The number of amides is 1. The molecule has 6 heteroatoms. The van der Waals surface area contributed by atoms with E-state index in [9.17, 15) is 9.59 Å². The molecule has 1 aliphatic rings. The van der Waals surface area contributed by atoms with Crippen LogP contribution in [0.3, 0.4) is 0 Å². The van der Waals surface area contributed by atoms with Crippen LogP contribution in [0, 0.1) is 0 Å². The fraction of sp³-hybridized carbons (Fsp3) is 0.467. The summed E-state index contributed by atoms with van der Waals surface area (Å²) in [5.74, 6) is -0.854. The molecule has 1 amide bonds. The average Bonchev–Trinajstić information content (AvgIpc) is 2.48. The summed E-state index contributed by atoms with van der Waals surface area (Å²) >= 11 is 5.84. The van der Waals surface area contributed by atoms with Gasteiger partial charge in [-0.1, -0.05) is 30.9 Å². The van der Waals surface area contributed by atoms with Gasteiger partial charge in [0.05, 0.1) is 16.3 Å². The molecule has 0 aliphatic heterocycles. The molecule has 0 saturated heterocycles. The van der Waals surface area contributed by atoms with Gasteiger partial charge in [0.15, 0.2) is 6.61 Å². The molecular weight excluding hydrogens is 292 g/mol. The molecule has 0 heterocycles. The lowest BCUT2D eigenvalue weighted by molar-refractivity contribution is -0.125. The second kappa shape index (κ2) is 7.31. The van der Waals surface area contributed by atoms with E-state index in [1.807, 2.05) is 0 Å². The minimum Gasteiger partial charge on any atom is -0.452 e. The molecule has 1 aromatic rings. The van der Waals surface area contributed by atoms with Crippen LogP contribution in [0.2, 0.25) is 5.02 Å². The first kappa shape index (κ1) is 15.6. The van der Waals surface area contributed by atoms with Crippen molar-refractivity contribution < 1.29 is 14.3 Å². The number of anilines is 1. The van der Waals surface area contributed by atoms with Crippen LogP contribution >= 0.6 is 11.6 Å². The molecule has 2 rings (SSSR count). The van der Waals surface area contributed by atoms with Gasteiger partial charge >= 0.3 is 5.97 Å². The van der Waals surface area contributed by atoms with E-state index in [4.69, 9.17) is 22.1 Å². The Bertz CT molecular complexity index is 528. The quantitative estimate of drug-likeness (QED) is 0.661. The summed E-state index contributed by atoms with van der Waals surface area (Å²) in [4.78, 5) is 23.5. The third kappa shape index (κ3) is 4.63. The molecule has 5 nitrogen and oxygen atoms in total. The maximum absolute atomic E-state index is 11.8. The predicted octanol–water partition coefficient (Wildman–Crippen LogP) is 2.53. The van der Waals surface area contributed by atoms with Crippen LogP contribution in [0.5, 0.6) is 0 Å².